The van der Waals surface area contributed by atoms with Gasteiger partial charge in [0.1, 0.15) is 0 Å². The van der Waals surface area contributed by atoms with Crippen molar-refractivity contribution in [3.05, 3.63) is 45.1 Å². The Balaban J connectivity index is 0.000000243. The topological polar surface area (TPSA) is 61.3 Å². The molecule has 130 valence electrons. The number of hydrogen-bond acceptors (Lipinski definition) is 5. The van der Waals surface area contributed by atoms with Crippen molar-refractivity contribution in [2.24, 2.45) is 0 Å². The van der Waals surface area contributed by atoms with E-state index in [0.29, 0.717) is 21.8 Å². The third-order valence-corrected chi connectivity index (χ3v) is 3.53. The lowest BCUT2D eigenvalue weighted by molar-refractivity contribution is 0.112. The normalized spacial score (nSPS) is 10.2. The molecule has 2 aromatic rings. The zero-order chi connectivity index (χ0) is 18.1. The molecule has 0 saturated heterocycles. The lowest BCUT2D eigenvalue weighted by Crippen LogP contribution is -2.07. The minimum absolute atomic E-state index is 0.0631. The summed E-state index contributed by atoms with van der Waals surface area (Å²) in [7, 11) is 0. The molecule has 0 bridgehead atoms. The highest BCUT2D eigenvalue weighted by Crippen LogP contribution is 2.18. The highest BCUT2D eigenvalue weighted by atomic mass is 79.9. The van der Waals surface area contributed by atoms with Crippen LogP contribution in [0.25, 0.3) is 0 Å². The van der Waals surface area contributed by atoms with Gasteiger partial charge in [-0.1, -0.05) is 0 Å². The summed E-state index contributed by atoms with van der Waals surface area (Å²) in [5.41, 5.74) is 0.547. The van der Waals surface area contributed by atoms with E-state index in [9.17, 15) is 4.79 Å². The zero-order valence-electron chi connectivity index (χ0n) is 14.0. The van der Waals surface area contributed by atoms with Crippen LogP contribution in [-0.4, -0.2) is 28.5 Å². The van der Waals surface area contributed by atoms with Crippen LogP contribution in [0.5, 0.6) is 11.8 Å². The third-order valence-electron chi connectivity index (χ3n) is 2.40. The Labute approximate surface area is 159 Å². The highest BCUT2D eigenvalue weighted by molar-refractivity contribution is 9.10. The van der Waals surface area contributed by atoms with Gasteiger partial charge in [0.2, 0.25) is 11.8 Å². The molecule has 0 unspecified atom stereocenters. The van der Waals surface area contributed by atoms with Crippen LogP contribution in [-0.2, 0) is 0 Å². The van der Waals surface area contributed by atoms with Crippen LogP contribution in [0.15, 0.2) is 39.5 Å². The predicted molar refractivity (Wildman–Crippen MR) is 101 cm³/mol. The lowest BCUT2D eigenvalue weighted by Gasteiger charge is -2.08. The fourth-order valence-corrected chi connectivity index (χ4v) is 2.05. The van der Waals surface area contributed by atoms with Crippen LogP contribution in [0.2, 0.25) is 0 Å². The smallest absolute Gasteiger partial charge is 0.214 e. The molecule has 0 N–H and O–H groups in total. The first kappa shape index (κ1) is 20.6. The van der Waals surface area contributed by atoms with Crippen LogP contribution >= 0.6 is 31.9 Å². The number of hydrogen-bond donors (Lipinski definition) is 0. The number of carbonyl (C=O) groups is 1. The van der Waals surface area contributed by atoms with E-state index in [-0.39, 0.29) is 12.2 Å². The summed E-state index contributed by atoms with van der Waals surface area (Å²) < 4.78 is 12.3. The molecule has 0 spiro atoms. The molecule has 2 aromatic heterocycles. The van der Waals surface area contributed by atoms with Crippen LogP contribution in [0, 0.1) is 0 Å². The predicted octanol–water partition coefficient (Wildman–Crippen LogP) is 5.08. The van der Waals surface area contributed by atoms with Crippen molar-refractivity contribution in [2.75, 3.05) is 0 Å². The van der Waals surface area contributed by atoms with E-state index in [0.717, 1.165) is 10.8 Å². The Morgan fingerprint density at radius 3 is 2.04 bits per heavy atom. The minimum Gasteiger partial charge on any atom is -0.475 e. The van der Waals surface area contributed by atoms with Gasteiger partial charge in [-0.25, -0.2) is 9.97 Å². The maximum atomic E-state index is 10.6. The summed E-state index contributed by atoms with van der Waals surface area (Å²) in [6.07, 6.45) is 4.29. The monoisotopic (exact) mass is 458 g/mol. The van der Waals surface area contributed by atoms with E-state index in [2.05, 4.69) is 41.8 Å². The van der Waals surface area contributed by atoms with Gasteiger partial charge in [0.15, 0.2) is 6.29 Å². The SMILES string of the molecule is CC(C)Oc1cc(C=O)c(Br)cn1.CC(C)Oc1ccc(Br)cn1. The Morgan fingerprint density at radius 2 is 1.54 bits per heavy atom. The Morgan fingerprint density at radius 1 is 0.958 bits per heavy atom. The molecule has 0 aliphatic heterocycles. The van der Waals surface area contributed by atoms with E-state index < -0.39 is 0 Å². The number of halogens is 2. The molecular weight excluding hydrogens is 440 g/mol. The summed E-state index contributed by atoms with van der Waals surface area (Å²) in [6.45, 7) is 7.77. The van der Waals surface area contributed by atoms with Crippen molar-refractivity contribution in [3.8, 4) is 11.8 Å². The molecule has 0 aliphatic rings. The van der Waals surface area contributed by atoms with Crippen LogP contribution in [0.4, 0.5) is 0 Å². The first-order valence-corrected chi connectivity index (χ1v) is 8.96. The summed E-state index contributed by atoms with van der Waals surface area (Å²) in [5.74, 6) is 1.14. The lowest BCUT2D eigenvalue weighted by atomic mass is 10.3. The molecule has 0 fully saturated rings. The molecule has 5 nitrogen and oxygen atoms in total. The fourth-order valence-electron chi connectivity index (χ4n) is 1.50. The number of pyridine rings is 2. The number of ether oxygens (including phenoxy) is 2. The van der Waals surface area contributed by atoms with Crippen molar-refractivity contribution >= 4 is 38.1 Å². The van der Waals surface area contributed by atoms with Crippen molar-refractivity contribution in [1.29, 1.82) is 0 Å². The van der Waals surface area contributed by atoms with Gasteiger partial charge in [-0.2, -0.15) is 0 Å². The van der Waals surface area contributed by atoms with E-state index >= 15 is 0 Å². The van der Waals surface area contributed by atoms with Gasteiger partial charge >= 0.3 is 0 Å². The number of aromatic nitrogens is 2. The summed E-state index contributed by atoms with van der Waals surface area (Å²) in [4.78, 5) is 18.6. The second kappa shape index (κ2) is 10.4. The van der Waals surface area contributed by atoms with Gasteiger partial charge in [0, 0.05) is 39.0 Å². The quantitative estimate of drug-likeness (QED) is 0.583. The fraction of sp³-hybridized carbons (Fsp3) is 0.353. The maximum Gasteiger partial charge on any atom is 0.214 e. The molecule has 0 radical (unpaired) electrons. The molecule has 0 aliphatic carbocycles. The van der Waals surface area contributed by atoms with Crippen LogP contribution < -0.4 is 9.47 Å². The second-order valence-corrected chi connectivity index (χ2v) is 7.08. The highest BCUT2D eigenvalue weighted by Gasteiger charge is 2.04. The molecule has 2 heterocycles. The van der Waals surface area contributed by atoms with Gasteiger partial charge in [-0.05, 0) is 65.6 Å². The van der Waals surface area contributed by atoms with Crippen molar-refractivity contribution in [1.82, 2.24) is 9.97 Å². The zero-order valence-corrected chi connectivity index (χ0v) is 17.2. The number of aldehydes is 1. The first-order chi connectivity index (χ1) is 11.3. The average Bonchev–Trinajstić information content (AvgIpc) is 2.51. The largest absolute Gasteiger partial charge is 0.475 e. The average molecular weight is 460 g/mol. The standard InChI is InChI=1S/C9H10BrNO2.C8H10BrNO/c1-6(2)13-9-3-7(5-12)8(10)4-11-9;1-6(2)11-8-4-3-7(9)5-10-8/h3-6H,1-2H3;3-6H,1-2H3. The first-order valence-electron chi connectivity index (χ1n) is 7.37. The van der Waals surface area contributed by atoms with E-state index in [4.69, 9.17) is 9.47 Å². The maximum absolute atomic E-state index is 10.6. The Hall–Kier alpha value is -1.47. The Kier molecular flexibility index (Phi) is 8.92. The van der Waals surface area contributed by atoms with Gasteiger partial charge in [-0.3, -0.25) is 4.79 Å². The van der Waals surface area contributed by atoms with Gasteiger partial charge < -0.3 is 9.47 Å². The number of nitrogens with zero attached hydrogens (tertiary/aromatic N) is 2. The van der Waals surface area contributed by atoms with E-state index in [1.165, 1.54) is 0 Å². The molecule has 0 atom stereocenters. The molecule has 0 amide bonds. The molecular formula is C17H20Br2N2O3. The summed E-state index contributed by atoms with van der Waals surface area (Å²) in [6, 6.07) is 5.35. The summed E-state index contributed by atoms with van der Waals surface area (Å²) >= 11 is 6.50. The van der Waals surface area contributed by atoms with Crippen molar-refractivity contribution in [2.45, 2.75) is 39.9 Å². The third kappa shape index (κ3) is 7.88. The van der Waals surface area contributed by atoms with Crippen LogP contribution in [0.3, 0.4) is 0 Å². The molecule has 0 saturated carbocycles. The second-order valence-electron chi connectivity index (χ2n) is 5.31. The van der Waals surface area contributed by atoms with Crippen molar-refractivity contribution in [3.63, 3.8) is 0 Å². The van der Waals surface area contributed by atoms with E-state index in [1.54, 1.807) is 18.5 Å². The summed E-state index contributed by atoms with van der Waals surface area (Å²) in [5, 5.41) is 0. The van der Waals surface area contributed by atoms with Crippen LogP contribution in [0.1, 0.15) is 38.1 Å². The van der Waals surface area contributed by atoms with E-state index in [1.807, 2.05) is 39.8 Å². The Bertz CT molecular complexity index is 647. The number of carbonyl (C=O) groups excluding carboxylic acids is 1. The van der Waals surface area contributed by atoms with Gasteiger partial charge in [0.25, 0.3) is 0 Å². The molecule has 0 aromatic carbocycles. The molecule has 24 heavy (non-hydrogen) atoms. The van der Waals surface area contributed by atoms with Gasteiger partial charge in [0.05, 0.1) is 12.2 Å². The minimum atomic E-state index is 0.0631. The number of rotatable bonds is 5. The molecule has 7 heteroatoms. The molecule has 2 rings (SSSR count). The van der Waals surface area contributed by atoms with Gasteiger partial charge in [-0.15, -0.1) is 0 Å². The van der Waals surface area contributed by atoms with Crippen molar-refractivity contribution < 1.29 is 14.3 Å².